The van der Waals surface area contributed by atoms with Gasteiger partial charge in [-0.2, -0.15) is 0 Å². The first kappa shape index (κ1) is 15.9. The van der Waals surface area contributed by atoms with Gasteiger partial charge in [-0.25, -0.2) is 8.42 Å². The zero-order valence-corrected chi connectivity index (χ0v) is 14.6. The van der Waals surface area contributed by atoms with Crippen molar-refractivity contribution in [2.75, 3.05) is 7.11 Å². The predicted molar refractivity (Wildman–Crippen MR) is 98.8 cm³/mol. The second-order valence-corrected chi connectivity index (χ2v) is 7.73. The molecule has 5 nitrogen and oxygen atoms in total. The molecule has 6 heteroatoms. The number of methoxy groups -OCH3 is 1. The Labute approximate surface area is 147 Å². The number of aliphatic imine (C=N–C) groups is 1. The maximum atomic E-state index is 12.8. The van der Waals surface area contributed by atoms with E-state index in [1.807, 2.05) is 30.3 Å². The Hall–Kier alpha value is -2.60. The van der Waals surface area contributed by atoms with Gasteiger partial charge in [0, 0.05) is 5.57 Å². The summed E-state index contributed by atoms with van der Waals surface area (Å²) in [6.45, 7) is 0. The topological polar surface area (TPSA) is 67.8 Å². The molecule has 0 radical (unpaired) electrons. The van der Waals surface area contributed by atoms with Gasteiger partial charge in [0.25, 0.3) is 10.0 Å². The molecule has 1 saturated carbocycles. The first-order valence-electron chi connectivity index (χ1n) is 8.13. The van der Waals surface area contributed by atoms with Gasteiger partial charge in [0.15, 0.2) is 0 Å². The first-order valence-corrected chi connectivity index (χ1v) is 9.62. The SMILES string of the molecule is COc1ccc(C2=C(c3ccccc3)C(=NC3CC3)NS2(=O)=O)cc1. The minimum Gasteiger partial charge on any atom is -0.497 e. The van der Waals surface area contributed by atoms with Crippen LogP contribution in [0.3, 0.4) is 0 Å². The summed E-state index contributed by atoms with van der Waals surface area (Å²) in [7, 11) is -2.08. The van der Waals surface area contributed by atoms with Gasteiger partial charge >= 0.3 is 0 Å². The van der Waals surface area contributed by atoms with Gasteiger partial charge in [-0.15, -0.1) is 0 Å². The van der Waals surface area contributed by atoms with Crippen LogP contribution in [0, 0.1) is 0 Å². The van der Waals surface area contributed by atoms with E-state index in [4.69, 9.17) is 4.74 Å². The maximum Gasteiger partial charge on any atom is 0.264 e. The monoisotopic (exact) mass is 354 g/mol. The summed E-state index contributed by atoms with van der Waals surface area (Å²) in [5.41, 5.74) is 2.09. The number of amidine groups is 1. The van der Waals surface area contributed by atoms with Crippen molar-refractivity contribution in [2.24, 2.45) is 4.99 Å². The summed E-state index contributed by atoms with van der Waals surface area (Å²) in [5, 5.41) is 0. The number of rotatable bonds is 4. The number of nitrogens with one attached hydrogen (secondary N) is 1. The number of sulfonamides is 1. The number of hydrogen-bond donors (Lipinski definition) is 1. The first-order chi connectivity index (χ1) is 12.1. The van der Waals surface area contributed by atoms with Crippen LogP contribution in [0.1, 0.15) is 24.0 Å². The average Bonchev–Trinajstić information content (AvgIpc) is 3.39. The Kier molecular flexibility index (Phi) is 3.84. The second kappa shape index (κ2) is 6.04. The van der Waals surface area contributed by atoms with E-state index in [9.17, 15) is 8.42 Å². The molecule has 1 N–H and O–H groups in total. The van der Waals surface area contributed by atoms with Crippen molar-refractivity contribution in [2.45, 2.75) is 18.9 Å². The Bertz CT molecular complexity index is 957. The number of ether oxygens (including phenoxy) is 1. The summed E-state index contributed by atoms with van der Waals surface area (Å²) < 4.78 is 33.5. The van der Waals surface area contributed by atoms with Crippen LogP contribution in [-0.4, -0.2) is 27.4 Å². The minimum atomic E-state index is -3.67. The summed E-state index contributed by atoms with van der Waals surface area (Å²) >= 11 is 0. The van der Waals surface area contributed by atoms with Gasteiger partial charge in [-0.05, 0) is 48.2 Å². The van der Waals surface area contributed by atoms with E-state index >= 15 is 0 Å². The predicted octanol–water partition coefficient (Wildman–Crippen LogP) is 3.06. The highest BCUT2D eigenvalue weighted by Gasteiger charge is 2.37. The van der Waals surface area contributed by atoms with E-state index in [2.05, 4.69) is 9.71 Å². The van der Waals surface area contributed by atoms with Crippen molar-refractivity contribution >= 4 is 26.3 Å². The quantitative estimate of drug-likeness (QED) is 0.917. The highest BCUT2D eigenvalue weighted by Crippen LogP contribution is 2.37. The molecule has 1 aliphatic carbocycles. The van der Waals surface area contributed by atoms with Crippen LogP contribution in [0.4, 0.5) is 0 Å². The Morgan fingerprint density at radius 2 is 1.68 bits per heavy atom. The molecule has 1 aliphatic heterocycles. The molecule has 0 spiro atoms. The van der Waals surface area contributed by atoms with Crippen molar-refractivity contribution in [3.8, 4) is 5.75 Å². The molecule has 2 aliphatic rings. The molecule has 0 unspecified atom stereocenters. The van der Waals surface area contributed by atoms with Crippen LogP contribution in [0.5, 0.6) is 5.75 Å². The van der Waals surface area contributed by atoms with E-state index in [0.717, 1.165) is 18.4 Å². The molecule has 25 heavy (non-hydrogen) atoms. The third-order valence-corrected chi connectivity index (χ3v) is 5.68. The van der Waals surface area contributed by atoms with Crippen molar-refractivity contribution < 1.29 is 13.2 Å². The fraction of sp³-hybridized carbons (Fsp3) is 0.211. The highest BCUT2D eigenvalue weighted by atomic mass is 32.2. The Balaban J connectivity index is 1.94. The van der Waals surface area contributed by atoms with Gasteiger partial charge < -0.3 is 4.74 Å². The van der Waals surface area contributed by atoms with E-state index in [1.54, 1.807) is 31.4 Å². The summed E-state index contributed by atoms with van der Waals surface area (Å²) in [6.07, 6.45) is 2.01. The summed E-state index contributed by atoms with van der Waals surface area (Å²) in [4.78, 5) is 4.86. The lowest BCUT2D eigenvalue weighted by Crippen LogP contribution is -2.24. The molecule has 1 heterocycles. The standard InChI is InChI=1S/C19H18N2O3S/c1-24-16-11-7-14(8-12-16)18-17(13-5-3-2-4-6-13)19(20-15-9-10-15)21-25(18,22)23/h2-8,11-12,15H,9-10H2,1H3,(H,20,21). The zero-order chi connectivity index (χ0) is 17.4. The average molecular weight is 354 g/mol. The largest absolute Gasteiger partial charge is 0.497 e. The molecule has 128 valence electrons. The lowest BCUT2D eigenvalue weighted by Gasteiger charge is -2.07. The molecular weight excluding hydrogens is 336 g/mol. The molecule has 0 amide bonds. The van der Waals surface area contributed by atoms with E-state index in [-0.39, 0.29) is 10.9 Å². The van der Waals surface area contributed by atoms with Crippen molar-refractivity contribution in [3.63, 3.8) is 0 Å². The van der Waals surface area contributed by atoms with Gasteiger partial charge in [-0.3, -0.25) is 9.71 Å². The minimum absolute atomic E-state index is 0.214. The molecule has 4 rings (SSSR count). The molecule has 0 bridgehead atoms. The lowest BCUT2D eigenvalue weighted by atomic mass is 10.0. The Morgan fingerprint density at radius 1 is 1.00 bits per heavy atom. The summed E-state index contributed by atoms with van der Waals surface area (Å²) in [5.74, 6) is 1.13. The Morgan fingerprint density at radius 3 is 2.28 bits per heavy atom. The van der Waals surface area contributed by atoms with Crippen LogP contribution in [0.2, 0.25) is 0 Å². The van der Waals surface area contributed by atoms with Crippen molar-refractivity contribution in [1.29, 1.82) is 0 Å². The highest BCUT2D eigenvalue weighted by molar-refractivity contribution is 8.00. The molecule has 0 atom stereocenters. The van der Waals surface area contributed by atoms with Gasteiger partial charge in [0.1, 0.15) is 16.5 Å². The van der Waals surface area contributed by atoms with E-state index in [1.165, 1.54) is 0 Å². The van der Waals surface area contributed by atoms with Crippen LogP contribution >= 0.6 is 0 Å². The number of benzene rings is 2. The molecule has 1 fully saturated rings. The normalized spacial score (nSPS) is 20.6. The maximum absolute atomic E-state index is 12.8. The zero-order valence-electron chi connectivity index (χ0n) is 13.8. The lowest BCUT2D eigenvalue weighted by molar-refractivity contribution is 0.415. The van der Waals surface area contributed by atoms with Crippen molar-refractivity contribution in [3.05, 3.63) is 65.7 Å². The van der Waals surface area contributed by atoms with Gasteiger partial charge in [0.05, 0.1) is 13.2 Å². The van der Waals surface area contributed by atoms with Gasteiger partial charge in [-0.1, -0.05) is 30.3 Å². The fourth-order valence-electron chi connectivity index (χ4n) is 2.86. The molecule has 0 saturated heterocycles. The van der Waals surface area contributed by atoms with E-state index < -0.39 is 10.0 Å². The number of nitrogens with zero attached hydrogens (tertiary/aromatic N) is 1. The molecule has 2 aromatic carbocycles. The van der Waals surface area contributed by atoms with Crippen LogP contribution in [-0.2, 0) is 10.0 Å². The van der Waals surface area contributed by atoms with Crippen LogP contribution in [0.25, 0.3) is 10.5 Å². The van der Waals surface area contributed by atoms with E-state index in [0.29, 0.717) is 22.7 Å². The third kappa shape index (κ3) is 3.05. The molecule has 0 aromatic heterocycles. The van der Waals surface area contributed by atoms with Crippen molar-refractivity contribution in [1.82, 2.24) is 4.72 Å². The summed E-state index contributed by atoms with van der Waals surface area (Å²) in [6, 6.07) is 16.8. The van der Waals surface area contributed by atoms with Gasteiger partial charge in [0.2, 0.25) is 0 Å². The third-order valence-electron chi connectivity index (χ3n) is 4.24. The van der Waals surface area contributed by atoms with Crippen LogP contribution < -0.4 is 9.46 Å². The molecule has 2 aromatic rings. The second-order valence-electron chi connectivity index (χ2n) is 6.11. The number of hydrogen-bond acceptors (Lipinski definition) is 4. The van der Waals surface area contributed by atoms with Crippen LogP contribution in [0.15, 0.2) is 59.6 Å². The fourth-order valence-corrected chi connectivity index (χ4v) is 4.30. The smallest absolute Gasteiger partial charge is 0.264 e. The molecular formula is C19H18N2O3S.